The normalized spacial score (nSPS) is 11.0. The van der Waals surface area contributed by atoms with E-state index in [-0.39, 0.29) is 5.91 Å². The van der Waals surface area contributed by atoms with Gasteiger partial charge < -0.3 is 5.32 Å². The molecule has 3 nitrogen and oxygen atoms in total. The van der Waals surface area contributed by atoms with E-state index in [9.17, 15) is 4.79 Å². The first-order valence-electron chi connectivity index (χ1n) is 6.81. The predicted octanol–water partition coefficient (Wildman–Crippen LogP) is 4.65. The number of pyridine rings is 1. The Kier molecular flexibility index (Phi) is 4.30. The average molecular weight is 353 g/mol. The summed E-state index contributed by atoms with van der Waals surface area (Å²) in [5, 5.41) is 5.00. The van der Waals surface area contributed by atoms with E-state index in [2.05, 4.69) is 38.4 Å². The molecule has 1 aromatic heterocycles. The van der Waals surface area contributed by atoms with Crippen molar-refractivity contribution in [2.75, 3.05) is 5.32 Å². The number of carbonyl (C=O) groups excluding carboxylic acids is 1. The Bertz CT molecular complexity index is 836. The van der Waals surface area contributed by atoms with Gasteiger partial charge in [-0.1, -0.05) is 42.5 Å². The maximum atomic E-state index is 12.0. The van der Waals surface area contributed by atoms with Crippen LogP contribution in [0.25, 0.3) is 16.8 Å². The molecule has 2 aromatic carbocycles. The Hall–Kier alpha value is -2.46. The first-order chi connectivity index (χ1) is 10.7. The van der Waals surface area contributed by atoms with Crippen LogP contribution >= 0.6 is 15.9 Å². The maximum absolute atomic E-state index is 12.0. The Labute approximate surface area is 136 Å². The summed E-state index contributed by atoms with van der Waals surface area (Å²) in [4.78, 5) is 16.1. The molecule has 1 N–H and O–H groups in total. The number of rotatable bonds is 3. The van der Waals surface area contributed by atoms with Gasteiger partial charge in [0.15, 0.2) is 0 Å². The van der Waals surface area contributed by atoms with Crippen molar-refractivity contribution in [3.05, 3.63) is 76.9 Å². The van der Waals surface area contributed by atoms with E-state index in [0.29, 0.717) is 5.82 Å². The largest absolute Gasteiger partial charge is 0.307 e. The predicted molar refractivity (Wildman–Crippen MR) is 93.5 cm³/mol. The molecule has 0 atom stereocenters. The summed E-state index contributed by atoms with van der Waals surface area (Å²) in [7, 11) is 0. The molecular weight excluding hydrogens is 340 g/mol. The molecule has 0 aliphatic carbocycles. The van der Waals surface area contributed by atoms with E-state index >= 15 is 0 Å². The summed E-state index contributed by atoms with van der Waals surface area (Å²) in [6.07, 6.45) is 4.98. The van der Waals surface area contributed by atoms with Gasteiger partial charge in [-0.3, -0.25) is 4.79 Å². The Morgan fingerprint density at radius 2 is 1.86 bits per heavy atom. The van der Waals surface area contributed by atoms with Crippen LogP contribution in [0.15, 0.2) is 71.3 Å². The third-order valence-electron chi connectivity index (χ3n) is 3.22. The second kappa shape index (κ2) is 6.54. The number of carbonyl (C=O) groups is 1. The highest BCUT2D eigenvalue weighted by Gasteiger charge is 2.00. The average Bonchev–Trinajstić information content (AvgIpc) is 2.55. The summed E-state index contributed by atoms with van der Waals surface area (Å²) < 4.78 is 0.872. The number of nitrogens with one attached hydrogen (secondary N) is 1. The standard InChI is InChI=1S/C18H13BrN2O/c19-15-9-10-17(20-12-15)21-18(22)11-8-14-6-3-5-13-4-1-2-7-16(13)14/h1-12H,(H,20,21,22). The fourth-order valence-electron chi connectivity index (χ4n) is 2.18. The zero-order valence-electron chi connectivity index (χ0n) is 11.7. The fourth-order valence-corrected chi connectivity index (χ4v) is 2.41. The van der Waals surface area contributed by atoms with Crippen LogP contribution in [0.5, 0.6) is 0 Å². The molecule has 1 amide bonds. The quantitative estimate of drug-likeness (QED) is 0.697. The number of hydrogen-bond donors (Lipinski definition) is 1. The summed E-state index contributed by atoms with van der Waals surface area (Å²) in [6, 6.07) is 17.7. The second-order valence-corrected chi connectivity index (χ2v) is 5.67. The van der Waals surface area contributed by atoms with Gasteiger partial charge in [0.1, 0.15) is 5.82 Å². The molecule has 3 aromatic rings. The lowest BCUT2D eigenvalue weighted by Gasteiger charge is -2.02. The minimum absolute atomic E-state index is 0.206. The molecule has 0 fully saturated rings. The number of amides is 1. The second-order valence-electron chi connectivity index (χ2n) is 4.75. The number of benzene rings is 2. The monoisotopic (exact) mass is 352 g/mol. The van der Waals surface area contributed by atoms with Crippen LogP contribution in [-0.4, -0.2) is 10.9 Å². The van der Waals surface area contributed by atoms with E-state index < -0.39 is 0 Å². The van der Waals surface area contributed by atoms with Crippen molar-refractivity contribution in [3.63, 3.8) is 0 Å². The first-order valence-corrected chi connectivity index (χ1v) is 7.60. The minimum atomic E-state index is -0.206. The molecule has 0 saturated heterocycles. The molecule has 0 aliphatic heterocycles. The van der Waals surface area contributed by atoms with Crippen LogP contribution in [0.2, 0.25) is 0 Å². The van der Waals surface area contributed by atoms with Crippen molar-refractivity contribution in [3.8, 4) is 0 Å². The fraction of sp³-hybridized carbons (Fsp3) is 0. The molecule has 0 unspecified atom stereocenters. The lowest BCUT2D eigenvalue weighted by Crippen LogP contribution is -2.08. The van der Waals surface area contributed by atoms with Gasteiger partial charge in [-0.2, -0.15) is 0 Å². The Balaban J connectivity index is 1.78. The lowest BCUT2D eigenvalue weighted by atomic mass is 10.0. The summed E-state index contributed by atoms with van der Waals surface area (Å²) >= 11 is 3.31. The van der Waals surface area contributed by atoms with Crippen molar-refractivity contribution >= 4 is 44.5 Å². The highest BCUT2D eigenvalue weighted by atomic mass is 79.9. The van der Waals surface area contributed by atoms with E-state index in [1.807, 2.05) is 42.5 Å². The zero-order valence-corrected chi connectivity index (χ0v) is 13.2. The van der Waals surface area contributed by atoms with Crippen LogP contribution in [-0.2, 0) is 4.79 Å². The summed E-state index contributed by atoms with van der Waals surface area (Å²) in [5.74, 6) is 0.318. The number of nitrogens with zero attached hydrogens (tertiary/aromatic N) is 1. The topological polar surface area (TPSA) is 42.0 Å². The highest BCUT2D eigenvalue weighted by Crippen LogP contribution is 2.19. The molecule has 1 heterocycles. The first kappa shape index (κ1) is 14.5. The molecule has 0 saturated carbocycles. The zero-order chi connectivity index (χ0) is 15.4. The van der Waals surface area contributed by atoms with Crippen molar-refractivity contribution in [1.29, 1.82) is 0 Å². The van der Waals surface area contributed by atoms with Gasteiger partial charge in [0.2, 0.25) is 5.91 Å². The number of aromatic nitrogens is 1. The van der Waals surface area contributed by atoms with Crippen LogP contribution in [0, 0.1) is 0 Å². The van der Waals surface area contributed by atoms with Crippen molar-refractivity contribution in [2.24, 2.45) is 0 Å². The minimum Gasteiger partial charge on any atom is -0.307 e. The van der Waals surface area contributed by atoms with Crippen LogP contribution in [0.3, 0.4) is 0 Å². The molecule has 0 aliphatic rings. The van der Waals surface area contributed by atoms with Gasteiger partial charge in [-0.05, 0) is 50.5 Å². The van der Waals surface area contributed by atoms with Gasteiger partial charge in [0, 0.05) is 16.7 Å². The molecule has 0 spiro atoms. The molecule has 108 valence electrons. The smallest absolute Gasteiger partial charge is 0.249 e. The van der Waals surface area contributed by atoms with Gasteiger partial charge in [-0.25, -0.2) is 4.98 Å². The van der Waals surface area contributed by atoms with Gasteiger partial charge in [0.05, 0.1) is 0 Å². The third-order valence-corrected chi connectivity index (χ3v) is 3.69. The van der Waals surface area contributed by atoms with Gasteiger partial charge in [0.25, 0.3) is 0 Å². The summed E-state index contributed by atoms with van der Waals surface area (Å²) in [6.45, 7) is 0. The number of hydrogen-bond acceptors (Lipinski definition) is 2. The van der Waals surface area contributed by atoms with E-state index in [1.54, 1.807) is 12.3 Å². The van der Waals surface area contributed by atoms with Crippen LogP contribution in [0.1, 0.15) is 5.56 Å². The van der Waals surface area contributed by atoms with E-state index in [1.165, 1.54) is 6.08 Å². The van der Waals surface area contributed by atoms with Crippen LogP contribution < -0.4 is 5.32 Å². The molecule has 3 rings (SSSR count). The van der Waals surface area contributed by atoms with Crippen molar-refractivity contribution in [1.82, 2.24) is 4.98 Å². The molecule has 0 radical (unpaired) electrons. The molecular formula is C18H13BrN2O. The molecule has 22 heavy (non-hydrogen) atoms. The molecule has 4 heteroatoms. The van der Waals surface area contributed by atoms with E-state index in [4.69, 9.17) is 0 Å². The van der Waals surface area contributed by atoms with Crippen molar-refractivity contribution < 1.29 is 4.79 Å². The third kappa shape index (κ3) is 3.40. The van der Waals surface area contributed by atoms with Gasteiger partial charge in [-0.15, -0.1) is 0 Å². The number of fused-ring (bicyclic) bond motifs is 1. The molecule has 0 bridgehead atoms. The van der Waals surface area contributed by atoms with Crippen molar-refractivity contribution in [2.45, 2.75) is 0 Å². The Morgan fingerprint density at radius 1 is 1.05 bits per heavy atom. The van der Waals surface area contributed by atoms with E-state index in [0.717, 1.165) is 20.8 Å². The lowest BCUT2D eigenvalue weighted by molar-refractivity contribution is -0.111. The van der Waals surface area contributed by atoms with Gasteiger partial charge >= 0.3 is 0 Å². The number of anilines is 1. The SMILES string of the molecule is O=C(C=Cc1cccc2ccccc12)Nc1ccc(Br)cn1. The highest BCUT2D eigenvalue weighted by molar-refractivity contribution is 9.10. The van der Waals surface area contributed by atoms with Crippen LogP contribution in [0.4, 0.5) is 5.82 Å². The Morgan fingerprint density at radius 3 is 2.68 bits per heavy atom. The maximum Gasteiger partial charge on any atom is 0.249 e. The summed E-state index contributed by atoms with van der Waals surface area (Å²) in [5.41, 5.74) is 1.01. The number of halogens is 1.